The van der Waals surface area contributed by atoms with Gasteiger partial charge >= 0.3 is 0 Å². The molecule has 0 bridgehead atoms. The Morgan fingerprint density at radius 3 is 2.58 bits per heavy atom. The summed E-state index contributed by atoms with van der Waals surface area (Å²) < 4.78 is 0. The first kappa shape index (κ1) is 9.07. The molecule has 0 aliphatic heterocycles. The quantitative estimate of drug-likeness (QED) is 0.565. The molecule has 1 aromatic carbocycles. The highest BCUT2D eigenvalue weighted by atomic mass is 35.5. The van der Waals surface area contributed by atoms with Crippen molar-refractivity contribution in [1.82, 2.24) is 0 Å². The molecule has 0 amide bonds. The highest BCUT2D eigenvalue weighted by Gasteiger charge is 1.87. The molecule has 64 valence electrons. The van der Waals surface area contributed by atoms with Gasteiger partial charge in [-0.2, -0.15) is 0 Å². The molecule has 0 heterocycles. The number of benzene rings is 1. The standard InChI is InChI=1S/C9H10ClNO/c10-5-6-11-7-8-1-3-9(12)4-2-8/h1-4,7,12H,5-6H2. The predicted octanol–water partition coefficient (Wildman–Crippen LogP) is 2.05. The van der Waals surface area contributed by atoms with Crippen LogP contribution < -0.4 is 0 Å². The number of nitrogens with zero attached hydrogens (tertiary/aromatic N) is 1. The smallest absolute Gasteiger partial charge is 0.115 e. The van der Waals surface area contributed by atoms with E-state index < -0.39 is 0 Å². The first-order chi connectivity index (χ1) is 5.83. The zero-order valence-corrected chi connectivity index (χ0v) is 7.33. The van der Waals surface area contributed by atoms with Crippen LogP contribution in [0.15, 0.2) is 29.3 Å². The first-order valence-electron chi connectivity index (χ1n) is 3.68. The van der Waals surface area contributed by atoms with Gasteiger partial charge < -0.3 is 5.11 Å². The lowest BCUT2D eigenvalue weighted by molar-refractivity contribution is 0.475. The van der Waals surface area contributed by atoms with E-state index in [1.54, 1.807) is 30.5 Å². The summed E-state index contributed by atoms with van der Waals surface area (Å²) in [5, 5.41) is 8.96. The normalized spacial score (nSPS) is 10.8. The van der Waals surface area contributed by atoms with E-state index in [2.05, 4.69) is 4.99 Å². The van der Waals surface area contributed by atoms with Gasteiger partial charge in [-0.05, 0) is 29.8 Å². The highest BCUT2D eigenvalue weighted by Crippen LogP contribution is 2.07. The largest absolute Gasteiger partial charge is 0.508 e. The molecule has 0 unspecified atom stereocenters. The lowest BCUT2D eigenvalue weighted by Gasteiger charge is -1.92. The van der Waals surface area contributed by atoms with Crippen LogP contribution in [0.3, 0.4) is 0 Å². The number of aromatic hydroxyl groups is 1. The van der Waals surface area contributed by atoms with Gasteiger partial charge in [0.25, 0.3) is 0 Å². The number of phenols is 1. The second-order valence-electron chi connectivity index (χ2n) is 2.32. The van der Waals surface area contributed by atoms with Crippen molar-refractivity contribution in [2.24, 2.45) is 4.99 Å². The number of aliphatic imine (C=N–C) groups is 1. The van der Waals surface area contributed by atoms with Crippen LogP contribution in [0.2, 0.25) is 0 Å². The fourth-order valence-electron chi connectivity index (χ4n) is 0.779. The molecule has 12 heavy (non-hydrogen) atoms. The van der Waals surface area contributed by atoms with Crippen molar-refractivity contribution < 1.29 is 5.11 Å². The summed E-state index contributed by atoms with van der Waals surface area (Å²) >= 11 is 5.44. The molecule has 2 nitrogen and oxygen atoms in total. The minimum atomic E-state index is 0.268. The molecule has 0 atom stereocenters. The summed E-state index contributed by atoms with van der Waals surface area (Å²) in [7, 11) is 0. The van der Waals surface area contributed by atoms with E-state index in [0.717, 1.165) is 5.56 Å². The Morgan fingerprint density at radius 1 is 1.33 bits per heavy atom. The van der Waals surface area contributed by atoms with Gasteiger partial charge in [0.2, 0.25) is 0 Å². The van der Waals surface area contributed by atoms with Gasteiger partial charge in [0.1, 0.15) is 5.75 Å². The van der Waals surface area contributed by atoms with Crippen molar-refractivity contribution >= 4 is 17.8 Å². The molecular weight excluding hydrogens is 174 g/mol. The number of hydrogen-bond donors (Lipinski definition) is 1. The average Bonchev–Trinajstić information content (AvgIpc) is 2.09. The zero-order chi connectivity index (χ0) is 8.81. The fourth-order valence-corrected chi connectivity index (χ4v) is 0.877. The van der Waals surface area contributed by atoms with Gasteiger partial charge in [-0.3, -0.25) is 4.99 Å². The van der Waals surface area contributed by atoms with Crippen LogP contribution in [0.4, 0.5) is 0 Å². The first-order valence-corrected chi connectivity index (χ1v) is 4.21. The molecule has 0 aromatic heterocycles. The second-order valence-corrected chi connectivity index (χ2v) is 2.69. The minimum absolute atomic E-state index is 0.268. The minimum Gasteiger partial charge on any atom is -0.508 e. The lowest BCUT2D eigenvalue weighted by Crippen LogP contribution is -1.84. The summed E-state index contributed by atoms with van der Waals surface area (Å²) in [6.45, 7) is 0.627. The van der Waals surface area contributed by atoms with Crippen LogP contribution in [0, 0.1) is 0 Å². The van der Waals surface area contributed by atoms with E-state index >= 15 is 0 Å². The Labute approximate surface area is 76.5 Å². The molecular formula is C9H10ClNO. The SMILES string of the molecule is Oc1ccc(C=NCCCl)cc1. The molecule has 0 spiro atoms. The Hall–Kier alpha value is -1.02. The van der Waals surface area contributed by atoms with Crippen molar-refractivity contribution in [1.29, 1.82) is 0 Å². The molecule has 1 N–H and O–H groups in total. The highest BCUT2D eigenvalue weighted by molar-refractivity contribution is 6.18. The van der Waals surface area contributed by atoms with E-state index in [1.807, 2.05) is 0 Å². The monoisotopic (exact) mass is 183 g/mol. The Bertz CT molecular complexity index is 256. The van der Waals surface area contributed by atoms with Crippen molar-refractivity contribution in [2.45, 2.75) is 0 Å². The average molecular weight is 184 g/mol. The molecule has 1 aromatic rings. The molecule has 0 saturated heterocycles. The van der Waals surface area contributed by atoms with Crippen LogP contribution >= 0.6 is 11.6 Å². The van der Waals surface area contributed by atoms with Crippen LogP contribution in [0.1, 0.15) is 5.56 Å². The van der Waals surface area contributed by atoms with Gasteiger partial charge in [-0.1, -0.05) is 0 Å². The number of alkyl halides is 1. The van der Waals surface area contributed by atoms with E-state index in [-0.39, 0.29) is 5.75 Å². The van der Waals surface area contributed by atoms with Crippen molar-refractivity contribution in [3.05, 3.63) is 29.8 Å². The fraction of sp³-hybridized carbons (Fsp3) is 0.222. The van der Waals surface area contributed by atoms with Crippen molar-refractivity contribution in [3.63, 3.8) is 0 Å². The predicted molar refractivity (Wildman–Crippen MR) is 51.3 cm³/mol. The molecule has 3 heteroatoms. The topological polar surface area (TPSA) is 32.6 Å². The Kier molecular flexibility index (Phi) is 3.61. The number of phenolic OH excluding ortho intramolecular Hbond substituents is 1. The van der Waals surface area contributed by atoms with Crippen molar-refractivity contribution in [3.8, 4) is 5.75 Å². The van der Waals surface area contributed by atoms with Crippen LogP contribution in [0.5, 0.6) is 5.75 Å². The zero-order valence-electron chi connectivity index (χ0n) is 6.57. The third-order valence-corrected chi connectivity index (χ3v) is 1.52. The summed E-state index contributed by atoms with van der Waals surface area (Å²) in [6.07, 6.45) is 1.74. The molecule has 1 rings (SSSR count). The lowest BCUT2D eigenvalue weighted by atomic mass is 10.2. The maximum atomic E-state index is 8.96. The molecule has 0 aliphatic carbocycles. The molecule has 0 fully saturated rings. The summed E-state index contributed by atoms with van der Waals surface area (Å²) in [6, 6.07) is 6.85. The van der Waals surface area contributed by atoms with Crippen LogP contribution in [-0.4, -0.2) is 23.7 Å². The molecule has 0 aliphatic rings. The van der Waals surface area contributed by atoms with E-state index in [0.29, 0.717) is 12.4 Å². The third-order valence-electron chi connectivity index (χ3n) is 1.35. The summed E-state index contributed by atoms with van der Waals surface area (Å²) in [5.74, 6) is 0.804. The third kappa shape index (κ3) is 2.93. The maximum Gasteiger partial charge on any atom is 0.115 e. The maximum absolute atomic E-state index is 8.96. The number of halogens is 1. The molecule has 0 saturated carbocycles. The van der Waals surface area contributed by atoms with Crippen LogP contribution in [-0.2, 0) is 0 Å². The van der Waals surface area contributed by atoms with E-state index in [1.165, 1.54) is 0 Å². The van der Waals surface area contributed by atoms with E-state index in [9.17, 15) is 0 Å². The van der Waals surface area contributed by atoms with Crippen LogP contribution in [0.25, 0.3) is 0 Å². The molecule has 0 radical (unpaired) electrons. The Balaban J connectivity index is 2.58. The van der Waals surface area contributed by atoms with Crippen molar-refractivity contribution in [2.75, 3.05) is 12.4 Å². The van der Waals surface area contributed by atoms with E-state index in [4.69, 9.17) is 16.7 Å². The van der Waals surface area contributed by atoms with Gasteiger partial charge in [0.15, 0.2) is 0 Å². The summed E-state index contributed by atoms with van der Waals surface area (Å²) in [5.41, 5.74) is 0.970. The van der Waals surface area contributed by atoms with Gasteiger partial charge in [-0.15, -0.1) is 11.6 Å². The number of hydrogen-bond acceptors (Lipinski definition) is 2. The van der Waals surface area contributed by atoms with Gasteiger partial charge in [0, 0.05) is 12.1 Å². The Morgan fingerprint density at radius 2 is 2.00 bits per heavy atom. The van der Waals surface area contributed by atoms with Gasteiger partial charge in [0.05, 0.1) is 6.54 Å². The summed E-state index contributed by atoms with van der Waals surface area (Å²) in [4.78, 5) is 4.05. The second kappa shape index (κ2) is 4.78. The number of rotatable bonds is 3. The van der Waals surface area contributed by atoms with Gasteiger partial charge in [-0.25, -0.2) is 0 Å².